The Bertz CT molecular complexity index is 741. The van der Waals surface area contributed by atoms with Gasteiger partial charge in [0.15, 0.2) is 0 Å². The molecule has 2 N–H and O–H groups in total. The van der Waals surface area contributed by atoms with Crippen LogP contribution >= 0.6 is 27.3 Å². The molecule has 0 amide bonds. The zero-order chi connectivity index (χ0) is 14.8. The second-order valence-electron chi connectivity index (χ2n) is 4.25. The van der Waals surface area contributed by atoms with E-state index in [0.717, 1.165) is 9.35 Å². The second-order valence-corrected chi connectivity index (χ2v) is 6.54. The summed E-state index contributed by atoms with van der Waals surface area (Å²) in [5.41, 5.74) is 6.91. The number of hydrogen-bond acceptors (Lipinski definition) is 8. The van der Waals surface area contributed by atoms with Crippen LogP contribution in [-0.2, 0) is 6.54 Å². The number of rotatable bonds is 4. The fourth-order valence-corrected chi connectivity index (χ4v) is 2.93. The van der Waals surface area contributed by atoms with Gasteiger partial charge in [-0.25, -0.2) is 4.98 Å². The maximum atomic E-state index is 5.74. The molecule has 0 saturated heterocycles. The first-order valence-electron chi connectivity index (χ1n) is 5.92. The van der Waals surface area contributed by atoms with Gasteiger partial charge in [-0.05, 0) is 32.9 Å². The maximum absolute atomic E-state index is 5.74. The molecule has 0 aromatic carbocycles. The Morgan fingerprint density at radius 1 is 1.38 bits per heavy atom. The van der Waals surface area contributed by atoms with E-state index in [1.54, 1.807) is 11.3 Å². The predicted octanol–water partition coefficient (Wildman–Crippen LogP) is 1.49. The zero-order valence-corrected chi connectivity index (χ0v) is 13.4. The van der Waals surface area contributed by atoms with Gasteiger partial charge in [0.1, 0.15) is 12.7 Å². The molecule has 0 aliphatic rings. The fourth-order valence-electron chi connectivity index (χ4n) is 1.73. The van der Waals surface area contributed by atoms with E-state index in [0.29, 0.717) is 18.4 Å². The highest BCUT2D eigenvalue weighted by Gasteiger charge is 2.11. The lowest BCUT2D eigenvalue weighted by molar-refractivity contribution is 0.776. The molecule has 3 rings (SSSR count). The van der Waals surface area contributed by atoms with Gasteiger partial charge >= 0.3 is 0 Å². The van der Waals surface area contributed by atoms with Crippen molar-refractivity contribution in [2.24, 2.45) is 0 Å². The van der Waals surface area contributed by atoms with Gasteiger partial charge in [0.2, 0.25) is 11.9 Å². The summed E-state index contributed by atoms with van der Waals surface area (Å²) in [6.45, 7) is 0.669. The highest BCUT2D eigenvalue weighted by Crippen LogP contribution is 2.22. The Balaban J connectivity index is 1.87. The Labute approximate surface area is 132 Å². The number of nitrogens with zero attached hydrogens (tertiary/aromatic N) is 7. The number of aromatic nitrogens is 6. The smallest absolute Gasteiger partial charge is 0.258 e. The van der Waals surface area contributed by atoms with E-state index >= 15 is 0 Å². The predicted molar refractivity (Wildman–Crippen MR) is 83.3 cm³/mol. The lowest BCUT2D eigenvalue weighted by Gasteiger charge is -2.16. The van der Waals surface area contributed by atoms with Gasteiger partial charge in [-0.2, -0.15) is 24.7 Å². The molecule has 21 heavy (non-hydrogen) atoms. The molecule has 0 radical (unpaired) electrons. The van der Waals surface area contributed by atoms with Crippen molar-refractivity contribution in [3.63, 3.8) is 0 Å². The van der Waals surface area contributed by atoms with Crippen LogP contribution in [0.5, 0.6) is 0 Å². The topological polar surface area (TPSA) is 98.6 Å². The third-order valence-electron chi connectivity index (χ3n) is 2.64. The van der Waals surface area contributed by atoms with E-state index in [2.05, 4.69) is 52.4 Å². The molecule has 0 unspecified atom stereocenters. The number of thiophene rings is 1. The van der Waals surface area contributed by atoms with Crippen LogP contribution in [0.4, 0.5) is 11.9 Å². The summed E-state index contributed by atoms with van der Waals surface area (Å²) in [4.78, 5) is 18.3. The van der Waals surface area contributed by atoms with Gasteiger partial charge in [-0.15, -0.1) is 11.3 Å². The minimum absolute atomic E-state index is 0.142. The lowest BCUT2D eigenvalue weighted by atomic mass is 10.3. The molecule has 0 spiro atoms. The van der Waals surface area contributed by atoms with Crippen LogP contribution in [0.15, 0.2) is 27.9 Å². The van der Waals surface area contributed by atoms with E-state index in [1.807, 2.05) is 11.9 Å². The van der Waals surface area contributed by atoms with Crippen molar-refractivity contribution in [3.05, 3.63) is 33.5 Å². The summed E-state index contributed by atoms with van der Waals surface area (Å²) < 4.78 is 2.53. The number of hydrogen-bond donors (Lipinski definition) is 1. The number of anilines is 2. The van der Waals surface area contributed by atoms with Crippen molar-refractivity contribution < 1.29 is 0 Å². The molecule has 0 fully saturated rings. The highest BCUT2D eigenvalue weighted by atomic mass is 79.9. The SMILES string of the molecule is CN(Cc1csc(Br)c1)c1nc(N)nc(-n2cncn2)n1. The van der Waals surface area contributed by atoms with Crippen molar-refractivity contribution in [2.45, 2.75) is 6.54 Å². The van der Waals surface area contributed by atoms with Gasteiger partial charge in [0.05, 0.1) is 3.79 Å². The van der Waals surface area contributed by atoms with Gasteiger partial charge < -0.3 is 10.6 Å². The largest absolute Gasteiger partial charge is 0.368 e. The van der Waals surface area contributed by atoms with E-state index in [9.17, 15) is 0 Å². The van der Waals surface area contributed by atoms with E-state index in [-0.39, 0.29) is 5.95 Å². The summed E-state index contributed by atoms with van der Waals surface area (Å²) in [5.74, 6) is 0.965. The van der Waals surface area contributed by atoms with Crippen molar-refractivity contribution in [1.29, 1.82) is 0 Å². The molecular weight excluding hydrogens is 356 g/mol. The molecule has 3 heterocycles. The minimum Gasteiger partial charge on any atom is -0.368 e. The van der Waals surface area contributed by atoms with Gasteiger partial charge in [0.25, 0.3) is 5.95 Å². The summed E-state index contributed by atoms with van der Waals surface area (Å²) in [5, 5.41) is 6.06. The van der Waals surface area contributed by atoms with Crippen molar-refractivity contribution in [2.75, 3.05) is 17.7 Å². The molecule has 3 aromatic rings. The van der Waals surface area contributed by atoms with E-state index in [1.165, 1.54) is 17.3 Å². The first-order chi connectivity index (χ1) is 10.1. The van der Waals surface area contributed by atoms with E-state index in [4.69, 9.17) is 5.73 Å². The maximum Gasteiger partial charge on any atom is 0.258 e. The fraction of sp³-hybridized carbons (Fsp3) is 0.182. The first-order valence-corrected chi connectivity index (χ1v) is 7.59. The van der Waals surface area contributed by atoms with Crippen LogP contribution in [0.2, 0.25) is 0 Å². The molecule has 108 valence electrons. The number of nitrogens with two attached hydrogens (primary N) is 1. The van der Waals surface area contributed by atoms with Crippen LogP contribution in [0.3, 0.4) is 0 Å². The van der Waals surface area contributed by atoms with Crippen LogP contribution in [0, 0.1) is 0 Å². The molecule has 0 saturated carbocycles. The monoisotopic (exact) mass is 366 g/mol. The third-order valence-corrected chi connectivity index (χ3v) is 4.19. The molecule has 8 nitrogen and oxygen atoms in total. The Hall–Kier alpha value is -2.07. The third kappa shape index (κ3) is 3.16. The molecule has 3 aromatic heterocycles. The zero-order valence-electron chi connectivity index (χ0n) is 11.0. The quantitative estimate of drug-likeness (QED) is 0.746. The molecule has 0 bridgehead atoms. The second kappa shape index (κ2) is 5.74. The van der Waals surface area contributed by atoms with Crippen molar-refractivity contribution >= 4 is 39.2 Å². The minimum atomic E-state index is 0.142. The summed E-state index contributed by atoms with van der Waals surface area (Å²) in [7, 11) is 1.89. The van der Waals surface area contributed by atoms with Crippen molar-refractivity contribution in [1.82, 2.24) is 29.7 Å². The molecule has 10 heteroatoms. The van der Waals surface area contributed by atoms with Crippen LogP contribution < -0.4 is 10.6 Å². The van der Waals surface area contributed by atoms with E-state index < -0.39 is 0 Å². The lowest BCUT2D eigenvalue weighted by Crippen LogP contribution is -2.21. The van der Waals surface area contributed by atoms with Crippen LogP contribution in [0.25, 0.3) is 5.95 Å². The first kappa shape index (κ1) is 13.9. The molecule has 0 atom stereocenters. The highest BCUT2D eigenvalue weighted by molar-refractivity contribution is 9.11. The Kier molecular flexibility index (Phi) is 3.80. The van der Waals surface area contributed by atoms with Gasteiger partial charge in [-0.3, -0.25) is 0 Å². The Morgan fingerprint density at radius 3 is 2.90 bits per heavy atom. The molecule has 0 aliphatic heterocycles. The Morgan fingerprint density at radius 2 is 2.24 bits per heavy atom. The summed E-state index contributed by atoms with van der Waals surface area (Å²) in [6, 6.07) is 2.06. The summed E-state index contributed by atoms with van der Waals surface area (Å²) >= 11 is 5.08. The van der Waals surface area contributed by atoms with Crippen LogP contribution in [0.1, 0.15) is 5.56 Å². The summed E-state index contributed by atoms with van der Waals surface area (Å²) in [6.07, 6.45) is 2.92. The average Bonchev–Trinajstić information content (AvgIpc) is 3.10. The molecular formula is C11H11BrN8S. The van der Waals surface area contributed by atoms with Gasteiger partial charge in [-0.1, -0.05) is 0 Å². The normalized spacial score (nSPS) is 10.8. The van der Waals surface area contributed by atoms with Gasteiger partial charge in [0, 0.05) is 13.6 Å². The van der Waals surface area contributed by atoms with Crippen molar-refractivity contribution in [3.8, 4) is 5.95 Å². The standard InChI is InChI=1S/C11H11BrN8S/c1-19(3-7-2-8(12)21-4-7)10-16-9(13)17-11(18-10)20-6-14-5-15-20/h2,4-6H,3H2,1H3,(H2,13,16,17,18). The van der Waals surface area contributed by atoms with Crippen LogP contribution in [-0.4, -0.2) is 36.8 Å². The molecule has 0 aliphatic carbocycles. The average molecular weight is 367 g/mol. The number of nitrogen functional groups attached to an aromatic ring is 1. The number of halogens is 1.